The van der Waals surface area contributed by atoms with Gasteiger partial charge in [-0.3, -0.25) is 18.6 Å². The fourth-order valence-corrected chi connectivity index (χ4v) is 5.46. The topological polar surface area (TPSA) is 107 Å². The van der Waals surface area contributed by atoms with Crippen molar-refractivity contribution in [3.05, 3.63) is 99.3 Å². The molecule has 2 aromatic heterocycles. The molecule has 11 heteroatoms. The van der Waals surface area contributed by atoms with E-state index >= 15 is 0 Å². The molecule has 0 aliphatic carbocycles. The number of carbonyl (C=O) groups excluding carboxylic acids is 1. The molecule has 9 nitrogen and oxygen atoms in total. The van der Waals surface area contributed by atoms with Crippen molar-refractivity contribution in [3.63, 3.8) is 0 Å². The second-order valence-corrected chi connectivity index (χ2v) is 10.1. The van der Waals surface area contributed by atoms with Gasteiger partial charge in [0.25, 0.3) is 21.5 Å². The average molecular weight is 515 g/mol. The third-order valence-electron chi connectivity index (χ3n) is 5.67. The van der Waals surface area contributed by atoms with Gasteiger partial charge in [-0.1, -0.05) is 29.8 Å². The third kappa shape index (κ3) is 4.50. The lowest BCUT2D eigenvalue weighted by atomic mass is 10.2. The molecule has 0 aliphatic rings. The fourth-order valence-electron chi connectivity index (χ4n) is 3.71. The molecule has 0 saturated carbocycles. The zero-order valence-corrected chi connectivity index (χ0v) is 20.8. The molecule has 0 radical (unpaired) electrons. The van der Waals surface area contributed by atoms with Crippen LogP contribution < -0.4 is 15.2 Å². The minimum Gasteiger partial charge on any atom is -0.467 e. The Labute approximate surface area is 207 Å². The molecular weight excluding hydrogens is 492 g/mol. The van der Waals surface area contributed by atoms with Crippen LogP contribution in [0.15, 0.2) is 81.0 Å². The summed E-state index contributed by atoms with van der Waals surface area (Å²) in [6.07, 6.45) is 1.49. The Morgan fingerprint density at radius 1 is 1.11 bits per heavy atom. The number of amides is 1. The van der Waals surface area contributed by atoms with Gasteiger partial charge in [0.15, 0.2) is 0 Å². The number of aromatic nitrogens is 2. The normalized spacial score (nSPS) is 11.4. The number of carbonyl (C=O) groups is 1. The second kappa shape index (κ2) is 9.47. The van der Waals surface area contributed by atoms with E-state index in [1.165, 1.54) is 36.2 Å². The first-order chi connectivity index (χ1) is 16.6. The van der Waals surface area contributed by atoms with Crippen molar-refractivity contribution in [3.8, 4) is 5.69 Å². The number of halogens is 1. The molecule has 0 spiro atoms. The molecule has 2 aromatic carbocycles. The Morgan fingerprint density at radius 2 is 1.83 bits per heavy atom. The number of para-hydroxylation sites is 1. The highest BCUT2D eigenvalue weighted by atomic mass is 35.5. The quantitative estimate of drug-likeness (QED) is 0.406. The maximum absolute atomic E-state index is 13.6. The number of nitrogens with one attached hydrogen (secondary N) is 1. The molecule has 4 aromatic rings. The summed E-state index contributed by atoms with van der Waals surface area (Å²) in [5.41, 5.74) is 0.590. The Kier molecular flexibility index (Phi) is 6.60. The van der Waals surface area contributed by atoms with Gasteiger partial charge in [-0.05, 0) is 49.4 Å². The van der Waals surface area contributed by atoms with E-state index in [2.05, 4.69) is 5.32 Å². The fraction of sp³-hybridized carbons (Fsp3) is 0.167. The van der Waals surface area contributed by atoms with Crippen molar-refractivity contribution >= 4 is 33.2 Å². The van der Waals surface area contributed by atoms with Crippen molar-refractivity contribution < 1.29 is 17.6 Å². The van der Waals surface area contributed by atoms with Crippen LogP contribution >= 0.6 is 11.6 Å². The number of benzene rings is 2. The van der Waals surface area contributed by atoms with Crippen LogP contribution in [0.1, 0.15) is 21.8 Å². The number of hydrogen-bond donors (Lipinski definition) is 1. The summed E-state index contributed by atoms with van der Waals surface area (Å²) in [6, 6.07) is 16.2. The highest BCUT2D eigenvalue weighted by Crippen LogP contribution is 2.29. The van der Waals surface area contributed by atoms with Crippen LogP contribution in [-0.4, -0.2) is 30.7 Å². The van der Waals surface area contributed by atoms with Gasteiger partial charge < -0.3 is 9.73 Å². The minimum absolute atomic E-state index is 0.0277. The van der Waals surface area contributed by atoms with Gasteiger partial charge in [0, 0.05) is 19.7 Å². The molecule has 2 heterocycles. The summed E-state index contributed by atoms with van der Waals surface area (Å²) in [5, 5.41) is 2.59. The standard InChI is InChI=1S/C24H23ClN4O5S/c1-16-22(24(31)29(27(16)2)18-8-5-4-6-9-18)28(3)35(32,33)21-14-17(11-12-20(21)25)23(30)26-15-19-10-7-13-34-19/h4-14H,15H2,1-3H3,(H,26,30). The van der Waals surface area contributed by atoms with E-state index in [0.29, 0.717) is 17.1 Å². The summed E-state index contributed by atoms with van der Waals surface area (Å²) in [4.78, 5) is 25.7. The Balaban J connectivity index is 1.70. The number of anilines is 1. The molecular formula is C24H23ClN4O5S. The maximum Gasteiger partial charge on any atom is 0.296 e. The minimum atomic E-state index is -4.29. The van der Waals surface area contributed by atoms with Gasteiger partial charge in [-0.15, -0.1) is 0 Å². The van der Waals surface area contributed by atoms with Crippen LogP contribution in [0.2, 0.25) is 5.02 Å². The maximum atomic E-state index is 13.6. The average Bonchev–Trinajstić information content (AvgIpc) is 3.44. The van der Waals surface area contributed by atoms with E-state index in [1.54, 1.807) is 55.1 Å². The summed E-state index contributed by atoms with van der Waals surface area (Å²) in [6.45, 7) is 1.79. The lowest BCUT2D eigenvalue weighted by molar-refractivity contribution is 0.0948. The van der Waals surface area contributed by atoms with E-state index in [-0.39, 0.29) is 27.7 Å². The predicted octanol–water partition coefficient (Wildman–Crippen LogP) is 3.49. The second-order valence-electron chi connectivity index (χ2n) is 7.79. The van der Waals surface area contributed by atoms with E-state index < -0.39 is 21.5 Å². The molecule has 1 amide bonds. The molecule has 0 bridgehead atoms. The SMILES string of the molecule is Cc1c(N(C)S(=O)(=O)c2cc(C(=O)NCc3ccco3)ccc2Cl)c(=O)n(-c2ccccc2)n1C. The summed E-state index contributed by atoms with van der Waals surface area (Å²) in [5.74, 6) is 0.0497. The molecule has 182 valence electrons. The van der Waals surface area contributed by atoms with Gasteiger partial charge in [0.05, 0.1) is 29.2 Å². The summed E-state index contributed by atoms with van der Waals surface area (Å²) >= 11 is 6.25. The van der Waals surface area contributed by atoms with Gasteiger partial charge in [0.2, 0.25) is 0 Å². The monoisotopic (exact) mass is 514 g/mol. The lowest BCUT2D eigenvalue weighted by Gasteiger charge is -2.19. The predicted molar refractivity (Wildman–Crippen MR) is 133 cm³/mol. The molecule has 0 fully saturated rings. The first kappa shape index (κ1) is 24.4. The van der Waals surface area contributed by atoms with Crippen LogP contribution in [0, 0.1) is 6.92 Å². The Hall–Kier alpha value is -3.76. The van der Waals surface area contributed by atoms with Crippen LogP contribution in [-0.2, 0) is 23.6 Å². The molecule has 1 N–H and O–H groups in total. The Morgan fingerprint density at radius 3 is 2.49 bits per heavy atom. The number of rotatable bonds is 7. The molecule has 4 rings (SSSR count). The van der Waals surface area contributed by atoms with Crippen molar-refractivity contribution in [1.82, 2.24) is 14.7 Å². The van der Waals surface area contributed by atoms with Crippen molar-refractivity contribution in [2.75, 3.05) is 11.4 Å². The first-order valence-electron chi connectivity index (χ1n) is 10.6. The van der Waals surface area contributed by atoms with E-state index in [0.717, 1.165) is 4.31 Å². The van der Waals surface area contributed by atoms with Gasteiger partial charge in [0.1, 0.15) is 16.3 Å². The van der Waals surface area contributed by atoms with Crippen LogP contribution in [0.25, 0.3) is 5.69 Å². The third-order valence-corrected chi connectivity index (χ3v) is 7.91. The molecule has 0 atom stereocenters. The van der Waals surface area contributed by atoms with E-state index in [4.69, 9.17) is 16.0 Å². The lowest BCUT2D eigenvalue weighted by Crippen LogP contribution is -2.32. The van der Waals surface area contributed by atoms with Crippen LogP contribution in [0.3, 0.4) is 0 Å². The molecule has 0 saturated heterocycles. The first-order valence-corrected chi connectivity index (χ1v) is 12.4. The summed E-state index contributed by atoms with van der Waals surface area (Å²) < 4.78 is 36.2. The van der Waals surface area contributed by atoms with Gasteiger partial charge in [-0.2, -0.15) is 0 Å². The molecule has 35 heavy (non-hydrogen) atoms. The van der Waals surface area contributed by atoms with Crippen LogP contribution in [0.5, 0.6) is 0 Å². The van der Waals surface area contributed by atoms with Gasteiger partial charge >= 0.3 is 0 Å². The molecule has 0 aliphatic heterocycles. The van der Waals surface area contributed by atoms with Gasteiger partial charge in [-0.25, -0.2) is 13.1 Å². The summed E-state index contributed by atoms with van der Waals surface area (Å²) in [7, 11) is -1.33. The highest BCUT2D eigenvalue weighted by molar-refractivity contribution is 7.93. The largest absolute Gasteiger partial charge is 0.467 e. The van der Waals surface area contributed by atoms with E-state index in [9.17, 15) is 18.0 Å². The van der Waals surface area contributed by atoms with Crippen molar-refractivity contribution in [2.24, 2.45) is 7.05 Å². The number of sulfonamides is 1. The zero-order chi connectivity index (χ0) is 25.3. The van der Waals surface area contributed by atoms with E-state index in [1.807, 2.05) is 6.07 Å². The number of nitrogens with zero attached hydrogens (tertiary/aromatic N) is 3. The van der Waals surface area contributed by atoms with Crippen molar-refractivity contribution in [1.29, 1.82) is 0 Å². The Bertz CT molecular complexity index is 1540. The van der Waals surface area contributed by atoms with Crippen LogP contribution in [0.4, 0.5) is 5.69 Å². The highest BCUT2D eigenvalue weighted by Gasteiger charge is 2.31. The number of furan rings is 1. The van der Waals surface area contributed by atoms with Crippen molar-refractivity contribution in [2.45, 2.75) is 18.4 Å². The smallest absolute Gasteiger partial charge is 0.296 e. The number of hydrogen-bond acceptors (Lipinski definition) is 5. The zero-order valence-electron chi connectivity index (χ0n) is 19.2. The molecule has 0 unspecified atom stereocenters.